The van der Waals surface area contributed by atoms with Crippen LogP contribution in [0.5, 0.6) is 0 Å². The van der Waals surface area contributed by atoms with Crippen molar-refractivity contribution in [3.8, 4) is 0 Å². The van der Waals surface area contributed by atoms with Crippen LogP contribution < -0.4 is 0 Å². The standard InChI is InChI=1S/C25H22N2O4S/c1-31-25(28)19-12-13-23-21(14-19)22-16-26(15-18-8-4-2-5-9-18)17-24(22)27(23)32(29,30)20-10-6-3-7-11-20/h2-14H,15-17H2,1H3. The molecule has 32 heavy (non-hydrogen) atoms. The second kappa shape index (κ2) is 7.93. The Morgan fingerprint density at radius 2 is 1.62 bits per heavy atom. The van der Waals surface area contributed by atoms with E-state index >= 15 is 0 Å². The number of carbonyl (C=O) groups excluding carboxylic acids is 1. The Morgan fingerprint density at radius 3 is 2.31 bits per heavy atom. The molecule has 0 unspecified atom stereocenters. The topological polar surface area (TPSA) is 68.6 Å². The van der Waals surface area contributed by atoms with Crippen molar-refractivity contribution in [3.05, 3.63) is 101 Å². The van der Waals surface area contributed by atoms with Crippen molar-refractivity contribution < 1.29 is 17.9 Å². The number of hydrogen-bond acceptors (Lipinski definition) is 5. The lowest BCUT2D eigenvalue weighted by molar-refractivity contribution is 0.0601. The predicted octanol–water partition coefficient (Wildman–Crippen LogP) is 4.18. The summed E-state index contributed by atoms with van der Waals surface area (Å²) in [6, 6.07) is 23.6. The van der Waals surface area contributed by atoms with Gasteiger partial charge in [-0.25, -0.2) is 17.2 Å². The lowest BCUT2D eigenvalue weighted by Gasteiger charge is -2.17. The number of fused-ring (bicyclic) bond motifs is 3. The van der Waals surface area contributed by atoms with Gasteiger partial charge in [0.1, 0.15) is 0 Å². The highest BCUT2D eigenvalue weighted by molar-refractivity contribution is 7.90. The van der Waals surface area contributed by atoms with Gasteiger partial charge in [-0.15, -0.1) is 0 Å². The lowest BCUT2D eigenvalue weighted by Crippen LogP contribution is -2.20. The first-order valence-electron chi connectivity index (χ1n) is 10.3. The molecule has 1 aromatic heterocycles. The zero-order chi connectivity index (χ0) is 22.3. The van der Waals surface area contributed by atoms with Crippen molar-refractivity contribution in [2.45, 2.75) is 24.5 Å². The number of benzene rings is 3. The van der Waals surface area contributed by atoms with E-state index in [1.54, 1.807) is 48.5 Å². The summed E-state index contributed by atoms with van der Waals surface area (Å²) in [4.78, 5) is 14.6. The van der Waals surface area contributed by atoms with E-state index in [9.17, 15) is 13.2 Å². The Morgan fingerprint density at radius 1 is 0.938 bits per heavy atom. The van der Waals surface area contributed by atoms with Crippen molar-refractivity contribution in [1.29, 1.82) is 0 Å². The zero-order valence-corrected chi connectivity index (χ0v) is 18.4. The van der Waals surface area contributed by atoms with Gasteiger partial charge in [-0.2, -0.15) is 0 Å². The maximum absolute atomic E-state index is 13.7. The molecule has 162 valence electrons. The molecule has 4 aromatic rings. The minimum absolute atomic E-state index is 0.234. The minimum Gasteiger partial charge on any atom is -0.465 e. The van der Waals surface area contributed by atoms with E-state index in [0.29, 0.717) is 30.7 Å². The molecular weight excluding hydrogens is 424 g/mol. The molecular formula is C25H22N2O4S. The summed E-state index contributed by atoms with van der Waals surface area (Å²) in [7, 11) is -2.47. The molecule has 7 heteroatoms. The number of rotatable bonds is 5. The maximum Gasteiger partial charge on any atom is 0.337 e. The Kier molecular flexibility index (Phi) is 5.07. The van der Waals surface area contributed by atoms with Gasteiger partial charge < -0.3 is 4.74 Å². The second-order valence-corrected chi connectivity index (χ2v) is 9.65. The molecule has 6 nitrogen and oxygen atoms in total. The Bertz CT molecular complexity index is 1410. The first-order chi connectivity index (χ1) is 15.5. The highest BCUT2D eigenvalue weighted by Crippen LogP contribution is 2.37. The Labute approximate surface area is 186 Å². The summed E-state index contributed by atoms with van der Waals surface area (Å²) in [5.74, 6) is -0.446. The molecule has 0 N–H and O–H groups in total. The van der Waals surface area contributed by atoms with Crippen LogP contribution in [0.15, 0.2) is 83.8 Å². The van der Waals surface area contributed by atoms with Crippen LogP contribution in [0.4, 0.5) is 0 Å². The molecule has 0 radical (unpaired) electrons. The van der Waals surface area contributed by atoms with Crippen LogP contribution in [0.3, 0.4) is 0 Å². The maximum atomic E-state index is 13.7. The van der Waals surface area contributed by atoms with Crippen LogP contribution in [-0.2, 0) is 34.4 Å². The number of carbonyl (C=O) groups is 1. The zero-order valence-electron chi connectivity index (χ0n) is 17.6. The summed E-state index contributed by atoms with van der Waals surface area (Å²) >= 11 is 0. The van der Waals surface area contributed by atoms with Crippen molar-refractivity contribution in [2.24, 2.45) is 0 Å². The summed E-state index contributed by atoms with van der Waals surface area (Å²) < 4.78 is 33.6. The third-order valence-electron chi connectivity index (χ3n) is 5.84. The molecule has 2 heterocycles. The van der Waals surface area contributed by atoms with Gasteiger partial charge >= 0.3 is 5.97 Å². The Hall–Kier alpha value is -3.42. The van der Waals surface area contributed by atoms with Crippen LogP contribution in [0.1, 0.15) is 27.2 Å². The van der Waals surface area contributed by atoms with Gasteiger partial charge in [0, 0.05) is 25.0 Å². The first kappa shape index (κ1) is 20.5. The van der Waals surface area contributed by atoms with Crippen LogP contribution in [-0.4, -0.2) is 30.4 Å². The van der Waals surface area contributed by atoms with Gasteiger partial charge in [-0.3, -0.25) is 4.90 Å². The van der Waals surface area contributed by atoms with Crippen molar-refractivity contribution in [3.63, 3.8) is 0 Å². The first-order valence-corrected chi connectivity index (χ1v) is 11.7. The van der Waals surface area contributed by atoms with E-state index in [1.807, 2.05) is 18.2 Å². The average molecular weight is 447 g/mol. The smallest absolute Gasteiger partial charge is 0.337 e. The second-order valence-electron chi connectivity index (χ2n) is 7.86. The van der Waals surface area contributed by atoms with Crippen LogP contribution in [0.2, 0.25) is 0 Å². The fourth-order valence-corrected chi connectivity index (χ4v) is 5.96. The average Bonchev–Trinajstić information content (AvgIpc) is 3.35. The number of esters is 1. The number of nitrogens with zero attached hydrogens (tertiary/aromatic N) is 2. The molecule has 0 aliphatic carbocycles. The summed E-state index contributed by atoms with van der Waals surface area (Å²) in [5, 5.41) is 0.762. The molecule has 0 fully saturated rings. The lowest BCUT2D eigenvalue weighted by atomic mass is 10.1. The van der Waals surface area contributed by atoms with E-state index in [1.165, 1.54) is 11.1 Å². The molecule has 3 aromatic carbocycles. The number of ether oxygens (including phenoxy) is 1. The molecule has 1 aliphatic rings. The largest absolute Gasteiger partial charge is 0.465 e. The molecule has 5 rings (SSSR count). The van der Waals surface area contributed by atoms with E-state index < -0.39 is 16.0 Å². The fourth-order valence-electron chi connectivity index (χ4n) is 4.38. The van der Waals surface area contributed by atoms with Gasteiger partial charge in [-0.1, -0.05) is 48.5 Å². The summed E-state index contributed by atoms with van der Waals surface area (Å²) in [5.41, 5.74) is 3.81. The molecule has 1 aliphatic heterocycles. The minimum atomic E-state index is -3.81. The SMILES string of the molecule is COC(=O)c1ccc2c(c1)c1c(n2S(=O)(=O)c2ccccc2)CN(Cc2ccccc2)C1. The van der Waals surface area contributed by atoms with Crippen molar-refractivity contribution >= 4 is 26.9 Å². The van der Waals surface area contributed by atoms with Crippen molar-refractivity contribution in [2.75, 3.05) is 7.11 Å². The fraction of sp³-hybridized carbons (Fsp3) is 0.160. The van der Waals surface area contributed by atoms with Gasteiger partial charge in [0.25, 0.3) is 10.0 Å². The molecule has 0 amide bonds. The Balaban J connectivity index is 1.66. The third kappa shape index (κ3) is 3.39. The third-order valence-corrected chi connectivity index (χ3v) is 7.61. The van der Waals surface area contributed by atoms with Crippen LogP contribution >= 0.6 is 0 Å². The molecule has 0 saturated carbocycles. The molecule has 0 saturated heterocycles. The van der Waals surface area contributed by atoms with Gasteiger partial charge in [0.15, 0.2) is 0 Å². The van der Waals surface area contributed by atoms with Crippen LogP contribution in [0.25, 0.3) is 10.9 Å². The molecule has 0 spiro atoms. The van der Waals surface area contributed by atoms with E-state index in [0.717, 1.165) is 22.2 Å². The van der Waals surface area contributed by atoms with Crippen molar-refractivity contribution in [1.82, 2.24) is 8.87 Å². The van der Waals surface area contributed by atoms with E-state index in [2.05, 4.69) is 17.0 Å². The van der Waals surface area contributed by atoms with Crippen LogP contribution in [0, 0.1) is 0 Å². The normalized spacial score (nSPS) is 13.9. The summed E-state index contributed by atoms with van der Waals surface area (Å²) in [6.07, 6.45) is 0. The highest BCUT2D eigenvalue weighted by Gasteiger charge is 2.32. The van der Waals surface area contributed by atoms with E-state index in [4.69, 9.17) is 4.74 Å². The quantitative estimate of drug-likeness (QED) is 0.430. The molecule has 0 bridgehead atoms. The summed E-state index contributed by atoms with van der Waals surface area (Å²) in [6.45, 7) is 1.81. The van der Waals surface area contributed by atoms with Gasteiger partial charge in [0.2, 0.25) is 0 Å². The number of aromatic nitrogens is 1. The predicted molar refractivity (Wildman–Crippen MR) is 122 cm³/mol. The monoisotopic (exact) mass is 446 g/mol. The number of methoxy groups -OCH3 is 1. The number of hydrogen-bond donors (Lipinski definition) is 0. The highest BCUT2D eigenvalue weighted by atomic mass is 32.2. The van der Waals surface area contributed by atoms with Gasteiger partial charge in [-0.05, 0) is 41.5 Å². The molecule has 0 atom stereocenters. The van der Waals surface area contributed by atoms with Gasteiger partial charge in [0.05, 0.1) is 28.8 Å². The van der Waals surface area contributed by atoms with E-state index in [-0.39, 0.29) is 4.90 Å².